The van der Waals surface area contributed by atoms with Crippen molar-refractivity contribution in [1.29, 1.82) is 0 Å². The number of halogens is 1. The molecule has 5 heteroatoms. The first-order valence-electron chi connectivity index (χ1n) is 4.99. The van der Waals surface area contributed by atoms with Gasteiger partial charge in [-0.15, -0.1) is 0 Å². The first-order valence-corrected chi connectivity index (χ1v) is 5.78. The topological polar surface area (TPSA) is 46.1 Å². The van der Waals surface area contributed by atoms with Gasteiger partial charge in [-0.1, -0.05) is 0 Å². The zero-order valence-electron chi connectivity index (χ0n) is 9.17. The molecule has 4 nitrogen and oxygen atoms in total. The van der Waals surface area contributed by atoms with Crippen LogP contribution in [0.3, 0.4) is 0 Å². The molecule has 0 spiro atoms. The Balaban J connectivity index is 2.30. The lowest BCUT2D eigenvalue weighted by molar-refractivity contribution is 0.0987. The number of carbonyl (C=O) groups excluding carboxylic acids is 1. The average molecular weight is 292 g/mol. The van der Waals surface area contributed by atoms with Gasteiger partial charge in [-0.2, -0.15) is 0 Å². The highest BCUT2D eigenvalue weighted by Crippen LogP contribution is 2.18. The Hall–Kier alpha value is -1.75. The van der Waals surface area contributed by atoms with E-state index in [9.17, 15) is 4.79 Å². The summed E-state index contributed by atoms with van der Waals surface area (Å²) in [7, 11) is 1.69. The lowest BCUT2D eigenvalue weighted by atomic mass is 10.3. The van der Waals surface area contributed by atoms with Gasteiger partial charge in [0, 0.05) is 23.9 Å². The molecule has 86 valence electrons. The fourth-order valence-corrected chi connectivity index (χ4v) is 1.80. The normalized spacial score (nSPS) is 10.0. The van der Waals surface area contributed by atoms with E-state index in [1.165, 1.54) is 4.90 Å². The predicted octanol–water partition coefficient (Wildman–Crippen LogP) is 2.52. The third-order valence-corrected chi connectivity index (χ3v) is 2.94. The van der Waals surface area contributed by atoms with E-state index in [0.29, 0.717) is 10.2 Å². The van der Waals surface area contributed by atoms with E-state index in [4.69, 9.17) is 0 Å². The molecule has 0 saturated carbocycles. The van der Waals surface area contributed by atoms with Crippen LogP contribution in [0.25, 0.3) is 0 Å². The fourth-order valence-electron chi connectivity index (χ4n) is 1.37. The van der Waals surface area contributed by atoms with E-state index in [-0.39, 0.29) is 5.91 Å². The Morgan fingerprint density at radius 3 is 2.71 bits per heavy atom. The van der Waals surface area contributed by atoms with Gasteiger partial charge in [0.2, 0.25) is 0 Å². The van der Waals surface area contributed by atoms with Crippen molar-refractivity contribution < 1.29 is 4.79 Å². The van der Waals surface area contributed by atoms with Gasteiger partial charge in [-0.05, 0) is 40.2 Å². The summed E-state index contributed by atoms with van der Waals surface area (Å²) in [5.74, 6) is -0.175. The molecule has 0 N–H and O–H groups in total. The number of hydrogen-bond donors (Lipinski definition) is 0. The number of pyridine rings is 2. The fraction of sp³-hybridized carbons (Fsp3) is 0.0833. The zero-order valence-corrected chi connectivity index (χ0v) is 10.8. The van der Waals surface area contributed by atoms with Gasteiger partial charge in [-0.25, -0.2) is 4.98 Å². The van der Waals surface area contributed by atoms with Crippen molar-refractivity contribution in [1.82, 2.24) is 9.97 Å². The average Bonchev–Trinajstić information content (AvgIpc) is 2.39. The minimum atomic E-state index is -0.175. The quantitative estimate of drug-likeness (QED) is 0.854. The summed E-state index contributed by atoms with van der Waals surface area (Å²) in [6.45, 7) is 0. The van der Waals surface area contributed by atoms with Crippen molar-refractivity contribution in [2.75, 3.05) is 11.9 Å². The molecule has 2 heterocycles. The smallest absolute Gasteiger partial charge is 0.277 e. The van der Waals surface area contributed by atoms with Gasteiger partial charge in [0.25, 0.3) is 5.91 Å². The molecule has 0 aliphatic rings. The van der Waals surface area contributed by atoms with Crippen LogP contribution in [0.15, 0.2) is 47.3 Å². The molecule has 0 fully saturated rings. The monoisotopic (exact) mass is 291 g/mol. The molecule has 2 aromatic rings. The van der Waals surface area contributed by atoms with Crippen LogP contribution < -0.4 is 4.90 Å². The number of aromatic nitrogens is 2. The minimum absolute atomic E-state index is 0.175. The van der Waals surface area contributed by atoms with Gasteiger partial charge in [0.1, 0.15) is 5.69 Å². The van der Waals surface area contributed by atoms with Crippen LogP contribution in [0.5, 0.6) is 0 Å². The molecule has 0 atom stereocenters. The summed E-state index contributed by atoms with van der Waals surface area (Å²) >= 11 is 3.31. The second kappa shape index (κ2) is 5.05. The van der Waals surface area contributed by atoms with Gasteiger partial charge in [-0.3, -0.25) is 9.78 Å². The molecule has 1 amide bonds. The minimum Gasteiger partial charge on any atom is -0.309 e. The second-order valence-electron chi connectivity index (χ2n) is 3.41. The lowest BCUT2D eigenvalue weighted by Crippen LogP contribution is -2.27. The predicted molar refractivity (Wildman–Crippen MR) is 68.9 cm³/mol. The second-order valence-corrected chi connectivity index (χ2v) is 4.26. The number of carbonyl (C=O) groups is 1. The highest BCUT2D eigenvalue weighted by molar-refractivity contribution is 9.10. The first-order chi connectivity index (χ1) is 8.20. The van der Waals surface area contributed by atoms with Crippen molar-refractivity contribution in [2.45, 2.75) is 0 Å². The first kappa shape index (κ1) is 11.7. The molecule has 0 bridgehead atoms. The van der Waals surface area contributed by atoms with Crippen LogP contribution in [0.1, 0.15) is 10.5 Å². The molecular formula is C12H10BrN3O. The van der Waals surface area contributed by atoms with E-state index in [1.807, 2.05) is 6.07 Å². The van der Waals surface area contributed by atoms with Gasteiger partial charge >= 0.3 is 0 Å². The van der Waals surface area contributed by atoms with Crippen LogP contribution in [-0.4, -0.2) is 22.9 Å². The molecule has 0 radical (unpaired) electrons. The number of anilines is 1. The summed E-state index contributed by atoms with van der Waals surface area (Å²) in [5, 5.41) is 0. The maximum atomic E-state index is 12.2. The maximum Gasteiger partial charge on any atom is 0.277 e. The van der Waals surface area contributed by atoms with Gasteiger partial charge in [0.15, 0.2) is 0 Å². The summed E-state index contributed by atoms with van der Waals surface area (Å²) in [6, 6.07) is 7.16. The highest BCUT2D eigenvalue weighted by atomic mass is 79.9. The van der Waals surface area contributed by atoms with E-state index < -0.39 is 0 Å². The van der Waals surface area contributed by atoms with E-state index >= 15 is 0 Å². The SMILES string of the molecule is CN(C(=O)c1ncccc1Br)c1cccnc1. The van der Waals surface area contributed by atoms with Crippen LogP contribution in [0.2, 0.25) is 0 Å². The summed E-state index contributed by atoms with van der Waals surface area (Å²) in [4.78, 5) is 21.7. The Kier molecular flexibility index (Phi) is 3.49. The Morgan fingerprint density at radius 1 is 1.29 bits per heavy atom. The van der Waals surface area contributed by atoms with Crippen molar-refractivity contribution >= 4 is 27.5 Å². The molecule has 2 rings (SSSR count). The highest BCUT2D eigenvalue weighted by Gasteiger charge is 2.17. The number of hydrogen-bond acceptors (Lipinski definition) is 3. The third kappa shape index (κ3) is 2.50. The van der Waals surface area contributed by atoms with E-state index in [2.05, 4.69) is 25.9 Å². The molecule has 0 aliphatic heterocycles. The largest absolute Gasteiger partial charge is 0.309 e. The van der Waals surface area contributed by atoms with Crippen molar-refractivity contribution in [2.24, 2.45) is 0 Å². The van der Waals surface area contributed by atoms with Gasteiger partial charge < -0.3 is 4.90 Å². The van der Waals surface area contributed by atoms with Crippen LogP contribution in [0.4, 0.5) is 5.69 Å². The Bertz CT molecular complexity index is 530. The van der Waals surface area contributed by atoms with Crippen LogP contribution >= 0.6 is 15.9 Å². The molecule has 0 aromatic carbocycles. The molecule has 2 aromatic heterocycles. The standard InChI is InChI=1S/C12H10BrN3O/c1-16(9-4-2-6-14-8-9)12(17)11-10(13)5-3-7-15-11/h2-8H,1H3. The van der Waals surface area contributed by atoms with Crippen molar-refractivity contribution in [3.63, 3.8) is 0 Å². The van der Waals surface area contributed by atoms with Crippen molar-refractivity contribution in [3.05, 3.63) is 53.0 Å². The summed E-state index contributed by atoms with van der Waals surface area (Å²) in [5.41, 5.74) is 1.12. The summed E-state index contributed by atoms with van der Waals surface area (Å²) in [6.07, 6.45) is 4.89. The molecular weight excluding hydrogens is 282 g/mol. The Labute approximate surface area is 107 Å². The van der Waals surface area contributed by atoms with Crippen LogP contribution in [-0.2, 0) is 0 Å². The molecule has 0 saturated heterocycles. The van der Waals surface area contributed by atoms with Crippen LogP contribution in [0, 0.1) is 0 Å². The molecule has 0 aliphatic carbocycles. The maximum absolute atomic E-state index is 12.2. The van der Waals surface area contributed by atoms with E-state index in [0.717, 1.165) is 5.69 Å². The number of amides is 1. The Morgan fingerprint density at radius 2 is 2.06 bits per heavy atom. The molecule has 17 heavy (non-hydrogen) atoms. The van der Waals surface area contributed by atoms with E-state index in [1.54, 1.807) is 43.8 Å². The van der Waals surface area contributed by atoms with Crippen molar-refractivity contribution in [3.8, 4) is 0 Å². The third-order valence-electron chi connectivity index (χ3n) is 2.30. The number of nitrogens with zero attached hydrogens (tertiary/aromatic N) is 3. The van der Waals surface area contributed by atoms with Gasteiger partial charge in [0.05, 0.1) is 11.9 Å². The molecule has 0 unspecified atom stereocenters. The lowest BCUT2D eigenvalue weighted by Gasteiger charge is -2.16. The summed E-state index contributed by atoms with van der Waals surface area (Å²) < 4.78 is 0.681. The zero-order chi connectivity index (χ0) is 12.3. The number of rotatable bonds is 2.